The van der Waals surface area contributed by atoms with Gasteiger partial charge in [0.15, 0.2) is 5.16 Å². The van der Waals surface area contributed by atoms with E-state index >= 15 is 0 Å². The van der Waals surface area contributed by atoms with E-state index in [0.29, 0.717) is 15.7 Å². The summed E-state index contributed by atoms with van der Waals surface area (Å²) < 4.78 is 0. The van der Waals surface area contributed by atoms with Crippen LogP contribution in [0.25, 0.3) is 0 Å². The number of fused-ring (bicyclic) bond motifs is 1. The van der Waals surface area contributed by atoms with Crippen molar-refractivity contribution in [1.29, 1.82) is 5.26 Å². The van der Waals surface area contributed by atoms with Crippen molar-refractivity contribution in [2.75, 3.05) is 24.7 Å². The smallest absolute Gasteiger partial charge is 0.235 e. The summed E-state index contributed by atoms with van der Waals surface area (Å²) >= 11 is 2.78. The molecular weight excluding hydrogens is 330 g/mol. The largest absolute Gasteiger partial charge is 0.316 e. The molecule has 0 radical (unpaired) electrons. The Morgan fingerprint density at radius 1 is 1.52 bits per heavy atom. The number of aromatic nitrogens is 2. The van der Waals surface area contributed by atoms with Crippen molar-refractivity contribution in [3.8, 4) is 6.07 Å². The van der Waals surface area contributed by atoms with Gasteiger partial charge >= 0.3 is 0 Å². The van der Waals surface area contributed by atoms with E-state index in [2.05, 4.69) is 33.3 Å². The lowest BCUT2D eigenvalue weighted by Crippen LogP contribution is -2.25. The maximum Gasteiger partial charge on any atom is 0.235 e. The molecule has 8 heteroatoms. The summed E-state index contributed by atoms with van der Waals surface area (Å²) in [6.07, 6.45) is 4.14. The van der Waals surface area contributed by atoms with Gasteiger partial charge in [-0.25, -0.2) is 9.97 Å². The normalized spacial score (nSPS) is 14.1. The van der Waals surface area contributed by atoms with Gasteiger partial charge in [0.25, 0.3) is 0 Å². The number of amides is 1. The van der Waals surface area contributed by atoms with Gasteiger partial charge < -0.3 is 10.2 Å². The summed E-state index contributed by atoms with van der Waals surface area (Å²) in [4.78, 5) is 23.7. The molecule has 1 aliphatic heterocycles. The molecule has 3 heterocycles. The van der Waals surface area contributed by atoms with Crippen LogP contribution in [0.1, 0.15) is 16.0 Å². The first-order chi connectivity index (χ1) is 11.2. The Labute approximate surface area is 142 Å². The van der Waals surface area contributed by atoms with E-state index in [1.165, 1.54) is 28.0 Å². The fourth-order valence-corrected chi connectivity index (χ4v) is 4.29. The average Bonchev–Trinajstić information content (AvgIpc) is 2.89. The molecule has 0 saturated heterocycles. The van der Waals surface area contributed by atoms with Crippen LogP contribution >= 0.6 is 23.1 Å². The lowest BCUT2D eigenvalue weighted by molar-refractivity contribution is -0.113. The molecule has 1 aliphatic rings. The van der Waals surface area contributed by atoms with E-state index in [4.69, 9.17) is 0 Å². The van der Waals surface area contributed by atoms with Gasteiger partial charge in [-0.2, -0.15) is 5.26 Å². The molecule has 6 nitrogen and oxygen atoms in total. The third-order valence-electron chi connectivity index (χ3n) is 3.49. The molecular formula is C15H15N5OS2. The summed E-state index contributed by atoms with van der Waals surface area (Å²) in [5, 5.41) is 13.5. The first-order valence-electron chi connectivity index (χ1n) is 7.10. The predicted octanol–water partition coefficient (Wildman–Crippen LogP) is 2.13. The number of anilines is 1. The zero-order chi connectivity index (χ0) is 16.2. The second kappa shape index (κ2) is 7.08. The Hall–Kier alpha value is -1.95. The number of hydrogen-bond acceptors (Lipinski definition) is 7. The second-order valence-electron chi connectivity index (χ2n) is 5.18. The molecule has 2 aromatic heterocycles. The molecule has 0 bridgehead atoms. The van der Waals surface area contributed by atoms with Crippen LogP contribution in [-0.4, -0.2) is 40.1 Å². The van der Waals surface area contributed by atoms with E-state index < -0.39 is 0 Å². The predicted molar refractivity (Wildman–Crippen MR) is 90.5 cm³/mol. The Bertz CT molecular complexity index is 753. The molecule has 0 aromatic carbocycles. The average molecular weight is 345 g/mol. The molecule has 0 saturated carbocycles. The van der Waals surface area contributed by atoms with Gasteiger partial charge in [0, 0.05) is 30.4 Å². The van der Waals surface area contributed by atoms with Crippen LogP contribution in [0.2, 0.25) is 0 Å². The Balaban J connectivity index is 1.68. The van der Waals surface area contributed by atoms with Gasteiger partial charge in [-0.05, 0) is 25.1 Å². The molecule has 118 valence electrons. The summed E-state index contributed by atoms with van der Waals surface area (Å²) in [6.45, 7) is 1.77. The Kier molecular flexibility index (Phi) is 4.91. The maximum atomic E-state index is 12.1. The highest BCUT2D eigenvalue weighted by atomic mass is 32.2. The third-order valence-corrected chi connectivity index (χ3v) is 5.49. The number of rotatable bonds is 4. The van der Waals surface area contributed by atoms with E-state index in [1.54, 1.807) is 18.5 Å². The number of thioether (sulfide) groups is 1. The standard InChI is InChI=1S/C15H15N5OS2/c1-20-6-3-10-11(7-16)14(23-12(10)8-20)19-13(21)9-22-15-17-4-2-5-18-15/h2,4-5H,3,6,8-9H2,1H3,(H,19,21). The number of nitrogens with zero attached hydrogens (tertiary/aromatic N) is 4. The topological polar surface area (TPSA) is 81.9 Å². The zero-order valence-corrected chi connectivity index (χ0v) is 14.2. The molecule has 0 fully saturated rings. The van der Waals surface area contributed by atoms with Crippen LogP contribution in [0.3, 0.4) is 0 Å². The zero-order valence-electron chi connectivity index (χ0n) is 12.6. The molecule has 1 N–H and O–H groups in total. The van der Waals surface area contributed by atoms with Crippen LogP contribution in [0.4, 0.5) is 5.00 Å². The van der Waals surface area contributed by atoms with Gasteiger partial charge in [-0.15, -0.1) is 11.3 Å². The molecule has 1 amide bonds. The second-order valence-corrected chi connectivity index (χ2v) is 7.22. The maximum absolute atomic E-state index is 12.1. The molecule has 0 atom stereocenters. The van der Waals surface area contributed by atoms with Gasteiger partial charge in [-0.3, -0.25) is 4.79 Å². The van der Waals surface area contributed by atoms with Gasteiger partial charge in [-0.1, -0.05) is 11.8 Å². The highest BCUT2D eigenvalue weighted by Gasteiger charge is 2.23. The first-order valence-corrected chi connectivity index (χ1v) is 8.90. The van der Waals surface area contributed by atoms with Crippen LogP contribution in [0, 0.1) is 11.3 Å². The highest BCUT2D eigenvalue weighted by molar-refractivity contribution is 7.99. The lowest BCUT2D eigenvalue weighted by atomic mass is 10.0. The summed E-state index contributed by atoms with van der Waals surface area (Å²) in [5.41, 5.74) is 1.71. The monoisotopic (exact) mass is 345 g/mol. The molecule has 2 aromatic rings. The van der Waals surface area contributed by atoms with Crippen molar-refractivity contribution in [3.05, 3.63) is 34.5 Å². The van der Waals surface area contributed by atoms with Crippen molar-refractivity contribution in [1.82, 2.24) is 14.9 Å². The molecule has 23 heavy (non-hydrogen) atoms. The van der Waals surface area contributed by atoms with E-state index in [0.717, 1.165) is 25.1 Å². The number of likely N-dealkylation sites (N-methyl/N-ethyl adjacent to an activating group) is 1. The molecule has 0 aliphatic carbocycles. The first kappa shape index (κ1) is 15.9. The minimum Gasteiger partial charge on any atom is -0.316 e. The summed E-state index contributed by atoms with van der Waals surface area (Å²) in [5.74, 6) is 0.0723. The Morgan fingerprint density at radius 2 is 2.30 bits per heavy atom. The highest BCUT2D eigenvalue weighted by Crippen LogP contribution is 2.36. The van der Waals surface area contributed by atoms with Crippen molar-refractivity contribution in [3.63, 3.8) is 0 Å². The number of nitriles is 1. The fourth-order valence-electron chi connectivity index (χ4n) is 2.39. The number of carbonyl (C=O) groups is 1. The van der Waals surface area contributed by atoms with Gasteiger partial charge in [0.2, 0.25) is 5.91 Å². The number of carbonyl (C=O) groups excluding carboxylic acids is 1. The van der Waals surface area contributed by atoms with Crippen molar-refractivity contribution in [2.45, 2.75) is 18.1 Å². The number of hydrogen-bond donors (Lipinski definition) is 1. The summed E-state index contributed by atoms with van der Waals surface area (Å²) in [7, 11) is 2.06. The van der Waals surface area contributed by atoms with Gasteiger partial charge in [0.1, 0.15) is 11.1 Å². The van der Waals surface area contributed by atoms with Crippen LogP contribution < -0.4 is 5.32 Å². The number of thiophene rings is 1. The minimum absolute atomic E-state index is 0.147. The molecule has 0 spiro atoms. The number of nitrogens with one attached hydrogen (secondary N) is 1. The summed E-state index contributed by atoms with van der Waals surface area (Å²) in [6, 6.07) is 3.98. The van der Waals surface area contributed by atoms with Crippen molar-refractivity contribution in [2.24, 2.45) is 0 Å². The minimum atomic E-state index is -0.147. The van der Waals surface area contributed by atoms with E-state index in [9.17, 15) is 10.1 Å². The third kappa shape index (κ3) is 3.69. The Morgan fingerprint density at radius 3 is 3.04 bits per heavy atom. The van der Waals surface area contributed by atoms with Crippen molar-refractivity contribution >= 4 is 34.0 Å². The van der Waals surface area contributed by atoms with E-state index in [1.807, 2.05) is 0 Å². The van der Waals surface area contributed by atoms with E-state index in [-0.39, 0.29) is 11.7 Å². The van der Waals surface area contributed by atoms with Crippen LogP contribution in [-0.2, 0) is 17.8 Å². The van der Waals surface area contributed by atoms with Crippen LogP contribution in [0.5, 0.6) is 0 Å². The van der Waals surface area contributed by atoms with Crippen LogP contribution in [0.15, 0.2) is 23.6 Å². The van der Waals surface area contributed by atoms with Gasteiger partial charge in [0.05, 0.1) is 11.3 Å². The van der Waals surface area contributed by atoms with Crippen molar-refractivity contribution < 1.29 is 4.79 Å². The lowest BCUT2D eigenvalue weighted by Gasteiger charge is -2.21. The SMILES string of the molecule is CN1CCc2c(sc(NC(=O)CSc3ncccn3)c2C#N)C1. The molecule has 0 unspecified atom stereocenters. The molecule has 3 rings (SSSR count). The quantitative estimate of drug-likeness (QED) is 0.675. The fraction of sp³-hybridized carbons (Fsp3) is 0.333.